The third-order valence-corrected chi connectivity index (χ3v) is 5.49. The van der Waals surface area contributed by atoms with Gasteiger partial charge in [-0.3, -0.25) is 4.79 Å². The van der Waals surface area contributed by atoms with E-state index in [1.54, 1.807) is 24.9 Å². The summed E-state index contributed by atoms with van der Waals surface area (Å²) >= 11 is 2.76. The van der Waals surface area contributed by atoms with Crippen molar-refractivity contribution in [1.82, 2.24) is 0 Å². The summed E-state index contributed by atoms with van der Waals surface area (Å²) in [6, 6.07) is 15.6. The molecule has 0 atom stereocenters. The third-order valence-electron chi connectivity index (χ3n) is 3.60. The van der Waals surface area contributed by atoms with Gasteiger partial charge in [0, 0.05) is 0 Å². The van der Waals surface area contributed by atoms with Gasteiger partial charge in [-0.05, 0) is 46.9 Å². The maximum Gasteiger partial charge on any atom is 0.244 e. The lowest BCUT2D eigenvalue weighted by Gasteiger charge is -2.11. The van der Waals surface area contributed by atoms with Gasteiger partial charge in [0.2, 0.25) is 5.12 Å². The van der Waals surface area contributed by atoms with Crippen LogP contribution < -0.4 is 9.47 Å². The lowest BCUT2D eigenvalue weighted by atomic mass is 10.1. The zero-order valence-corrected chi connectivity index (χ0v) is 16.2. The van der Waals surface area contributed by atoms with Crippen molar-refractivity contribution in [3.63, 3.8) is 0 Å². The third kappa shape index (κ3) is 4.71. The number of hydrogen-bond acceptors (Lipinski definition) is 6. The first-order valence-corrected chi connectivity index (χ1v) is 10.00. The zero-order chi connectivity index (χ0) is 18.4. The maximum absolute atomic E-state index is 12.1. The molecule has 1 heterocycles. The van der Waals surface area contributed by atoms with Gasteiger partial charge >= 0.3 is 0 Å². The lowest BCUT2D eigenvalue weighted by Crippen LogP contribution is -1.98. The number of benzene rings is 2. The number of carbonyl (C=O) groups excluding carboxylic acids is 1. The zero-order valence-electron chi connectivity index (χ0n) is 14.6. The lowest BCUT2D eigenvalue weighted by molar-refractivity contribution is -0.107. The van der Waals surface area contributed by atoms with Crippen molar-refractivity contribution < 1.29 is 14.3 Å². The Bertz CT molecular complexity index is 847. The van der Waals surface area contributed by atoms with E-state index in [2.05, 4.69) is 4.99 Å². The van der Waals surface area contributed by atoms with Crippen LogP contribution in [0.5, 0.6) is 11.5 Å². The second-order valence-electron chi connectivity index (χ2n) is 5.41. The first kappa shape index (κ1) is 18.6. The maximum atomic E-state index is 12.1. The number of nitrogens with zero attached hydrogens (tertiary/aromatic N) is 1. The number of methoxy groups -OCH3 is 1. The van der Waals surface area contributed by atoms with Crippen LogP contribution in [0.4, 0.5) is 0 Å². The molecular formula is C20H19NO3S2. The molecule has 0 fully saturated rings. The van der Waals surface area contributed by atoms with Crippen molar-refractivity contribution >= 4 is 39.1 Å². The summed E-state index contributed by atoms with van der Waals surface area (Å²) in [7, 11) is 1.60. The fraction of sp³-hybridized carbons (Fsp3) is 0.200. The summed E-state index contributed by atoms with van der Waals surface area (Å²) < 4.78 is 12.1. The molecular weight excluding hydrogens is 366 g/mol. The Morgan fingerprint density at radius 2 is 1.96 bits per heavy atom. The molecule has 4 nitrogen and oxygen atoms in total. The topological polar surface area (TPSA) is 47.9 Å². The number of hydrogen-bond donors (Lipinski definition) is 0. The Morgan fingerprint density at radius 3 is 2.69 bits per heavy atom. The van der Waals surface area contributed by atoms with Crippen LogP contribution >= 0.6 is 23.5 Å². The van der Waals surface area contributed by atoms with Gasteiger partial charge in [0.25, 0.3) is 0 Å². The SMILES string of the molecule is CCSC1=NC(=Cc2ccc(OCc3ccccc3)c(OC)c2)C(=O)S1. The van der Waals surface area contributed by atoms with Crippen LogP contribution in [-0.2, 0) is 11.4 Å². The molecule has 26 heavy (non-hydrogen) atoms. The van der Waals surface area contributed by atoms with Crippen LogP contribution in [-0.4, -0.2) is 22.4 Å². The van der Waals surface area contributed by atoms with Crippen molar-refractivity contribution in [2.75, 3.05) is 12.9 Å². The summed E-state index contributed by atoms with van der Waals surface area (Å²) in [4.78, 5) is 16.4. The summed E-state index contributed by atoms with van der Waals surface area (Å²) in [5.41, 5.74) is 2.40. The average Bonchev–Trinajstić information content (AvgIpc) is 3.00. The number of thioether (sulfide) groups is 2. The molecule has 1 aliphatic heterocycles. The molecule has 2 aromatic carbocycles. The molecule has 0 spiro atoms. The molecule has 1 aliphatic rings. The Hall–Kier alpha value is -2.18. The van der Waals surface area contributed by atoms with Crippen molar-refractivity contribution in [2.24, 2.45) is 4.99 Å². The Balaban J connectivity index is 1.76. The van der Waals surface area contributed by atoms with Gasteiger partial charge in [-0.15, -0.1) is 0 Å². The van der Waals surface area contributed by atoms with Gasteiger partial charge in [0.15, 0.2) is 11.5 Å². The van der Waals surface area contributed by atoms with Crippen LogP contribution in [0, 0.1) is 0 Å². The van der Waals surface area contributed by atoms with E-state index in [-0.39, 0.29) is 5.12 Å². The highest BCUT2D eigenvalue weighted by Gasteiger charge is 2.22. The summed E-state index contributed by atoms with van der Waals surface area (Å²) in [5, 5.41) is -0.0238. The minimum Gasteiger partial charge on any atom is -0.493 e. The quantitative estimate of drug-likeness (QED) is 0.655. The summed E-state index contributed by atoms with van der Waals surface area (Å²) in [5.74, 6) is 2.19. The van der Waals surface area contributed by atoms with E-state index in [1.165, 1.54) is 11.8 Å². The van der Waals surface area contributed by atoms with Crippen LogP contribution in [0.15, 0.2) is 59.2 Å². The number of ether oxygens (including phenoxy) is 2. The fourth-order valence-corrected chi connectivity index (χ4v) is 4.10. The number of carbonyl (C=O) groups is 1. The molecule has 0 amide bonds. The molecule has 0 bridgehead atoms. The van der Waals surface area contributed by atoms with Crippen LogP contribution in [0.3, 0.4) is 0 Å². The summed E-state index contributed by atoms with van der Waals surface area (Å²) in [6.45, 7) is 2.51. The van der Waals surface area contributed by atoms with Crippen LogP contribution in [0.1, 0.15) is 18.1 Å². The molecule has 0 N–H and O–H groups in total. The highest BCUT2D eigenvalue weighted by atomic mass is 32.2. The van der Waals surface area contributed by atoms with E-state index >= 15 is 0 Å². The molecule has 134 valence electrons. The van der Waals surface area contributed by atoms with E-state index in [0.29, 0.717) is 23.8 Å². The molecule has 3 rings (SSSR count). The van der Waals surface area contributed by atoms with Gasteiger partial charge in [0.05, 0.1) is 7.11 Å². The minimum atomic E-state index is -0.0238. The van der Waals surface area contributed by atoms with Crippen molar-refractivity contribution in [2.45, 2.75) is 13.5 Å². The predicted molar refractivity (Wildman–Crippen MR) is 110 cm³/mol. The van der Waals surface area contributed by atoms with Crippen molar-refractivity contribution in [1.29, 1.82) is 0 Å². The fourth-order valence-electron chi connectivity index (χ4n) is 2.36. The Kier molecular flexibility index (Phi) is 6.41. The van der Waals surface area contributed by atoms with Crippen LogP contribution in [0.25, 0.3) is 6.08 Å². The van der Waals surface area contributed by atoms with Gasteiger partial charge in [-0.1, -0.05) is 55.1 Å². The van der Waals surface area contributed by atoms with Gasteiger partial charge < -0.3 is 9.47 Å². The Labute approximate surface area is 161 Å². The normalized spacial score (nSPS) is 15.2. The molecule has 0 unspecified atom stereocenters. The molecule has 0 aromatic heterocycles. The second-order valence-corrected chi connectivity index (χ2v) is 7.89. The highest BCUT2D eigenvalue weighted by molar-refractivity contribution is 8.45. The minimum absolute atomic E-state index is 0.0238. The van der Waals surface area contributed by atoms with Crippen molar-refractivity contribution in [3.05, 3.63) is 65.4 Å². The van der Waals surface area contributed by atoms with E-state index < -0.39 is 0 Å². The predicted octanol–water partition coefficient (Wildman–Crippen LogP) is 5.00. The molecule has 6 heteroatoms. The first-order valence-electron chi connectivity index (χ1n) is 8.19. The first-order chi connectivity index (χ1) is 12.7. The van der Waals surface area contributed by atoms with Gasteiger partial charge in [-0.2, -0.15) is 0 Å². The molecule has 0 saturated carbocycles. The molecule has 0 radical (unpaired) electrons. The number of aliphatic imine (C=N–C) groups is 1. The van der Waals surface area contributed by atoms with Gasteiger partial charge in [-0.25, -0.2) is 4.99 Å². The standard InChI is InChI=1S/C20H19NO3S2/c1-3-25-20-21-16(19(22)26-20)11-15-9-10-17(18(12-15)23-2)24-13-14-7-5-4-6-8-14/h4-12H,3,13H2,1-2H3. The average molecular weight is 386 g/mol. The Morgan fingerprint density at radius 1 is 1.15 bits per heavy atom. The van der Waals surface area contributed by atoms with E-state index in [0.717, 1.165) is 21.3 Å². The van der Waals surface area contributed by atoms with E-state index in [4.69, 9.17) is 9.47 Å². The molecule has 2 aromatic rings. The molecule has 0 saturated heterocycles. The van der Waals surface area contributed by atoms with Crippen molar-refractivity contribution in [3.8, 4) is 11.5 Å². The summed E-state index contributed by atoms with van der Waals surface area (Å²) in [6.07, 6.45) is 1.78. The van der Waals surface area contributed by atoms with E-state index in [9.17, 15) is 4.79 Å². The smallest absolute Gasteiger partial charge is 0.244 e. The largest absolute Gasteiger partial charge is 0.493 e. The van der Waals surface area contributed by atoms with Gasteiger partial charge in [0.1, 0.15) is 16.7 Å². The monoisotopic (exact) mass is 385 g/mol. The second kappa shape index (κ2) is 8.96. The highest BCUT2D eigenvalue weighted by Crippen LogP contribution is 2.33. The van der Waals surface area contributed by atoms with Crippen LogP contribution in [0.2, 0.25) is 0 Å². The molecule has 0 aliphatic carbocycles. The number of rotatable bonds is 6. The van der Waals surface area contributed by atoms with E-state index in [1.807, 2.05) is 55.5 Å².